The Morgan fingerprint density at radius 1 is 0.675 bits per heavy atom. The third-order valence-electron chi connectivity index (χ3n) is 14.0. The standard InChI is InChI=1S/C64H52BrN5O7S3/c1-74-38-53-54(51(65)40-78-53)50-39-79-60-56(59(72)70(60)57(50)61(73)76-37-42-33-35-49(75-2)36-34-42)67-58(71)55(68-63(43-21-9-3-10-22-43,44-23-11-4-12-24-44)45-25-13-5-14-26-45)52-41-80-62(66-52)69-77-64(46-27-15-6-16-28-46,47-29-17-7-18-30-47)48-31-19-8-20-32-48/h3-36,40-41,56,60H,37-39H2,1-2H3,(H,66,69)(H,67,71)/t56-,60+/m1/s1. The monoisotopic (exact) mass is 1180 g/mol. The fourth-order valence-corrected chi connectivity index (χ4v) is 14.0. The van der Waals surface area contributed by atoms with Crippen molar-refractivity contribution in [1.82, 2.24) is 15.2 Å². The van der Waals surface area contributed by atoms with Gasteiger partial charge >= 0.3 is 5.97 Å². The predicted octanol–water partition coefficient (Wildman–Crippen LogP) is 12.8. The smallest absolute Gasteiger partial charge is 0.355 e. The molecule has 80 heavy (non-hydrogen) atoms. The minimum atomic E-state index is -1.31. The molecular weight excluding hydrogens is 1130 g/mol. The van der Waals surface area contributed by atoms with Gasteiger partial charge in [-0.15, -0.1) is 34.4 Å². The first kappa shape index (κ1) is 54.0. The van der Waals surface area contributed by atoms with Crippen LogP contribution in [0.15, 0.2) is 232 Å². The Hall–Kier alpha value is -7.96. The number of ether oxygens (including phenoxy) is 3. The van der Waals surface area contributed by atoms with Gasteiger partial charge in [-0.05, 0) is 67.0 Å². The summed E-state index contributed by atoms with van der Waals surface area (Å²) in [6.07, 6.45) is 0. The van der Waals surface area contributed by atoms with Gasteiger partial charge in [-0.2, -0.15) is 0 Å². The van der Waals surface area contributed by atoms with E-state index in [1.54, 1.807) is 31.7 Å². The molecular formula is C64H52BrN5O7S3. The van der Waals surface area contributed by atoms with E-state index in [0.717, 1.165) is 53.9 Å². The fourth-order valence-electron chi connectivity index (χ4n) is 10.2. The van der Waals surface area contributed by atoms with Crippen LogP contribution >= 0.6 is 50.4 Å². The van der Waals surface area contributed by atoms with Crippen LogP contribution in [0.2, 0.25) is 0 Å². The van der Waals surface area contributed by atoms with Gasteiger partial charge in [0, 0.05) is 44.1 Å². The van der Waals surface area contributed by atoms with Crippen molar-refractivity contribution in [2.24, 2.45) is 4.99 Å². The summed E-state index contributed by atoms with van der Waals surface area (Å²) in [5.41, 5.74) is 8.14. The van der Waals surface area contributed by atoms with E-state index in [2.05, 4.69) is 26.7 Å². The number of hydrogen-bond donors (Lipinski definition) is 2. The summed E-state index contributed by atoms with van der Waals surface area (Å²) in [5.74, 6) is -0.838. The highest BCUT2D eigenvalue weighted by Crippen LogP contribution is 2.48. The Morgan fingerprint density at radius 2 is 1.19 bits per heavy atom. The molecule has 4 heterocycles. The molecule has 1 saturated heterocycles. The fraction of sp³-hybridized carbons (Fsp3) is 0.141. The number of halogens is 1. The number of thiophene rings is 1. The summed E-state index contributed by atoms with van der Waals surface area (Å²) in [6.45, 7) is 0.235. The van der Waals surface area contributed by atoms with Crippen LogP contribution in [0.4, 0.5) is 5.13 Å². The number of nitrogens with zero attached hydrogens (tertiary/aromatic N) is 3. The van der Waals surface area contributed by atoms with Crippen LogP contribution in [0.3, 0.4) is 0 Å². The van der Waals surface area contributed by atoms with E-state index in [-0.39, 0.29) is 30.3 Å². The number of amides is 2. The van der Waals surface area contributed by atoms with Crippen LogP contribution in [0.5, 0.6) is 5.75 Å². The number of fused-ring (bicyclic) bond motifs is 1. The van der Waals surface area contributed by atoms with E-state index in [1.807, 2.05) is 200 Å². The van der Waals surface area contributed by atoms with Gasteiger partial charge in [-0.1, -0.05) is 194 Å². The number of thiazole rings is 1. The summed E-state index contributed by atoms with van der Waals surface area (Å²) >= 11 is 7.89. The number of methoxy groups -OCH3 is 2. The molecule has 12 nitrogen and oxygen atoms in total. The molecule has 2 aromatic heterocycles. The Kier molecular flexibility index (Phi) is 16.3. The normalized spacial score (nSPS) is 15.4. The predicted molar refractivity (Wildman–Crippen MR) is 319 cm³/mol. The lowest BCUT2D eigenvalue weighted by atomic mass is 9.77. The van der Waals surface area contributed by atoms with Gasteiger partial charge in [0.05, 0.1) is 13.7 Å². The molecule has 1 fully saturated rings. The van der Waals surface area contributed by atoms with E-state index in [4.69, 9.17) is 29.0 Å². The number of anilines is 1. The van der Waals surface area contributed by atoms with Gasteiger partial charge in [0.2, 0.25) is 5.13 Å². The van der Waals surface area contributed by atoms with Crippen molar-refractivity contribution in [1.29, 1.82) is 0 Å². The molecule has 2 atom stereocenters. The average Bonchev–Trinajstić information content (AvgIpc) is 3.82. The Morgan fingerprint density at radius 3 is 1.69 bits per heavy atom. The maximum Gasteiger partial charge on any atom is 0.355 e. The Labute approximate surface area is 484 Å². The number of carbonyl (C=O) groups is 3. The molecule has 2 amide bonds. The molecule has 2 aliphatic heterocycles. The van der Waals surface area contributed by atoms with Gasteiger partial charge in [-0.25, -0.2) is 15.3 Å². The number of esters is 1. The molecule has 0 radical (unpaired) electrons. The first-order valence-electron chi connectivity index (χ1n) is 25.6. The summed E-state index contributed by atoms with van der Waals surface area (Å²) in [6, 6.07) is 65.5. The van der Waals surface area contributed by atoms with Crippen LogP contribution in [-0.2, 0) is 53.0 Å². The van der Waals surface area contributed by atoms with E-state index in [0.29, 0.717) is 22.2 Å². The van der Waals surface area contributed by atoms with E-state index in [9.17, 15) is 9.59 Å². The topological polar surface area (TPSA) is 141 Å². The lowest BCUT2D eigenvalue weighted by Crippen LogP contribution is -2.71. The largest absolute Gasteiger partial charge is 0.497 e. The second kappa shape index (κ2) is 24.2. The van der Waals surface area contributed by atoms with Crippen LogP contribution in [0, 0.1) is 0 Å². The second-order valence-corrected chi connectivity index (χ2v) is 22.5. The lowest BCUT2D eigenvalue weighted by molar-refractivity contribution is -0.152. The van der Waals surface area contributed by atoms with Crippen LogP contribution in [0.1, 0.15) is 55.1 Å². The average molecular weight is 1180 g/mol. The zero-order chi connectivity index (χ0) is 55.1. The molecule has 2 aliphatic rings. The van der Waals surface area contributed by atoms with E-state index < -0.39 is 40.3 Å². The lowest BCUT2D eigenvalue weighted by Gasteiger charge is -2.49. The summed E-state index contributed by atoms with van der Waals surface area (Å²) < 4.78 is 17.7. The second-order valence-electron chi connectivity index (χ2n) is 18.7. The van der Waals surface area contributed by atoms with Gasteiger partial charge in [0.1, 0.15) is 40.7 Å². The molecule has 9 aromatic rings. The van der Waals surface area contributed by atoms with Crippen LogP contribution in [0.25, 0.3) is 5.57 Å². The van der Waals surface area contributed by atoms with Crippen molar-refractivity contribution >= 4 is 84.6 Å². The first-order chi connectivity index (χ1) is 39.2. The number of nitrogens with one attached hydrogen (secondary N) is 2. The van der Waals surface area contributed by atoms with Gasteiger partial charge < -0.3 is 19.5 Å². The number of aliphatic imine (C=N–C) groups is 1. The summed E-state index contributed by atoms with van der Waals surface area (Å²) in [5, 5.41) is 6.46. The van der Waals surface area contributed by atoms with Gasteiger partial charge in [0.25, 0.3) is 11.8 Å². The molecule has 16 heteroatoms. The molecule has 0 bridgehead atoms. The van der Waals surface area contributed by atoms with Gasteiger partial charge in [0.15, 0.2) is 11.3 Å². The first-order valence-corrected chi connectivity index (χ1v) is 29.2. The maximum absolute atomic E-state index is 15.7. The van der Waals surface area contributed by atoms with E-state index in [1.165, 1.54) is 39.3 Å². The molecule has 2 N–H and O–H groups in total. The summed E-state index contributed by atoms with van der Waals surface area (Å²) in [4.78, 5) is 65.3. The zero-order valence-corrected chi connectivity index (χ0v) is 47.4. The van der Waals surface area contributed by atoms with Gasteiger partial charge in [-0.3, -0.25) is 24.3 Å². The quantitative estimate of drug-likeness (QED) is 0.0249. The number of thioether (sulfide) groups is 1. The van der Waals surface area contributed by atoms with Crippen molar-refractivity contribution in [3.8, 4) is 5.75 Å². The van der Waals surface area contributed by atoms with Crippen molar-refractivity contribution in [3.63, 3.8) is 0 Å². The third-order valence-corrected chi connectivity index (χ3v) is 17.9. The molecule has 400 valence electrons. The number of carbonyl (C=O) groups excluding carboxylic acids is 3. The number of aromatic nitrogens is 1. The molecule has 0 unspecified atom stereocenters. The maximum atomic E-state index is 15.7. The number of β-lactam (4-membered cyclic amide) rings is 1. The number of hydrogen-bond acceptors (Lipinski definition) is 13. The van der Waals surface area contributed by atoms with E-state index >= 15 is 4.79 Å². The Balaban J connectivity index is 0.994. The van der Waals surface area contributed by atoms with Crippen LogP contribution < -0.4 is 15.5 Å². The SMILES string of the molecule is COCc1scc(Br)c1C1=C(C(=O)OCc2ccc(OC)cc2)N2C(=O)[C@@H](NC(=O)C(=NC(c3ccccc3)(c3ccccc3)c3ccccc3)c3csc(NOC(c4ccccc4)(c4ccccc4)c4ccccc4)n3)[C@@H]2SC1. The molecule has 7 aromatic carbocycles. The van der Waals surface area contributed by atoms with Crippen molar-refractivity contribution in [2.75, 3.05) is 25.5 Å². The molecule has 11 rings (SSSR count). The Bertz CT molecular complexity index is 3490. The summed E-state index contributed by atoms with van der Waals surface area (Å²) in [7, 11) is 3.19. The third kappa shape index (κ3) is 10.5. The highest BCUT2D eigenvalue weighted by molar-refractivity contribution is 9.10. The minimum Gasteiger partial charge on any atom is -0.497 e. The van der Waals surface area contributed by atoms with Crippen LogP contribution in [-0.4, -0.2) is 64.8 Å². The van der Waals surface area contributed by atoms with Crippen molar-refractivity contribution in [3.05, 3.63) is 282 Å². The number of rotatable bonds is 20. The van der Waals surface area contributed by atoms with Crippen molar-refractivity contribution in [2.45, 2.75) is 35.8 Å². The molecule has 0 spiro atoms. The minimum absolute atomic E-state index is 0.0415. The highest BCUT2D eigenvalue weighted by atomic mass is 79.9. The van der Waals surface area contributed by atoms with Crippen molar-refractivity contribution < 1.29 is 33.4 Å². The number of benzene rings is 7. The molecule has 0 saturated carbocycles. The highest BCUT2D eigenvalue weighted by Gasteiger charge is 2.55. The zero-order valence-electron chi connectivity index (χ0n) is 43.4. The molecule has 0 aliphatic carbocycles.